The summed E-state index contributed by atoms with van der Waals surface area (Å²) in [5.41, 5.74) is 3.41. The normalized spacial score (nSPS) is 10.6. The van der Waals surface area contributed by atoms with E-state index >= 15 is 0 Å². The standard InChI is InChI=1S/C12H14BrN3/c1-2-10-3-5-12(6-4-10)16-9-11(7-8-13)14-15-16/h3-6,9H,2,7-8H2,1H3. The molecule has 0 saturated carbocycles. The number of rotatable bonds is 4. The molecule has 0 aliphatic carbocycles. The molecule has 0 amide bonds. The molecule has 0 aliphatic heterocycles. The predicted octanol–water partition coefficient (Wildman–Crippen LogP) is 2.77. The Bertz CT molecular complexity index is 448. The van der Waals surface area contributed by atoms with E-state index in [4.69, 9.17) is 0 Å². The van der Waals surface area contributed by atoms with E-state index in [-0.39, 0.29) is 0 Å². The van der Waals surface area contributed by atoms with Gasteiger partial charge >= 0.3 is 0 Å². The predicted molar refractivity (Wildman–Crippen MR) is 68.2 cm³/mol. The lowest BCUT2D eigenvalue weighted by Crippen LogP contribution is -1.94. The summed E-state index contributed by atoms with van der Waals surface area (Å²) in [5.74, 6) is 0. The summed E-state index contributed by atoms with van der Waals surface area (Å²) in [6.07, 6.45) is 3.95. The first kappa shape index (κ1) is 11.3. The molecule has 0 atom stereocenters. The Labute approximate surface area is 104 Å². The van der Waals surface area contributed by atoms with E-state index in [1.54, 1.807) is 0 Å². The van der Waals surface area contributed by atoms with Crippen LogP contribution < -0.4 is 0 Å². The first-order valence-corrected chi connectivity index (χ1v) is 6.52. The van der Waals surface area contributed by atoms with Crippen molar-refractivity contribution >= 4 is 15.9 Å². The zero-order chi connectivity index (χ0) is 11.4. The molecule has 0 radical (unpaired) electrons. The van der Waals surface area contributed by atoms with Crippen molar-refractivity contribution in [2.24, 2.45) is 0 Å². The summed E-state index contributed by atoms with van der Waals surface area (Å²) < 4.78 is 1.82. The SMILES string of the molecule is CCc1ccc(-n2cc(CCBr)nn2)cc1. The third kappa shape index (κ3) is 2.50. The van der Waals surface area contributed by atoms with E-state index in [0.717, 1.165) is 29.6 Å². The molecule has 1 heterocycles. The van der Waals surface area contributed by atoms with Crippen LogP contribution in [0.5, 0.6) is 0 Å². The second-order valence-electron chi connectivity index (χ2n) is 3.61. The van der Waals surface area contributed by atoms with Crippen LogP contribution in [-0.2, 0) is 12.8 Å². The fourth-order valence-electron chi connectivity index (χ4n) is 1.52. The van der Waals surface area contributed by atoms with Crippen LogP contribution in [0.1, 0.15) is 18.2 Å². The molecular formula is C12H14BrN3. The second-order valence-corrected chi connectivity index (χ2v) is 4.41. The van der Waals surface area contributed by atoms with Gasteiger partial charge in [-0.15, -0.1) is 5.10 Å². The summed E-state index contributed by atoms with van der Waals surface area (Å²) >= 11 is 3.39. The highest BCUT2D eigenvalue weighted by Gasteiger charge is 2.01. The topological polar surface area (TPSA) is 30.7 Å². The van der Waals surface area contributed by atoms with Crippen molar-refractivity contribution in [2.75, 3.05) is 5.33 Å². The molecule has 0 bridgehead atoms. The van der Waals surface area contributed by atoms with Crippen molar-refractivity contribution < 1.29 is 0 Å². The van der Waals surface area contributed by atoms with E-state index in [1.807, 2.05) is 10.9 Å². The summed E-state index contributed by atoms with van der Waals surface area (Å²) in [6, 6.07) is 8.40. The third-order valence-corrected chi connectivity index (χ3v) is 2.90. The fourth-order valence-corrected chi connectivity index (χ4v) is 1.93. The first-order valence-electron chi connectivity index (χ1n) is 5.40. The number of aryl methyl sites for hydroxylation is 2. The van der Waals surface area contributed by atoms with Gasteiger partial charge in [0.05, 0.1) is 17.6 Å². The highest BCUT2D eigenvalue weighted by molar-refractivity contribution is 9.09. The number of alkyl halides is 1. The smallest absolute Gasteiger partial charge is 0.0840 e. The minimum Gasteiger partial charge on any atom is -0.220 e. The van der Waals surface area contributed by atoms with Crippen molar-refractivity contribution in [3.8, 4) is 5.69 Å². The monoisotopic (exact) mass is 279 g/mol. The Hall–Kier alpha value is -1.16. The van der Waals surface area contributed by atoms with E-state index < -0.39 is 0 Å². The van der Waals surface area contributed by atoms with E-state index in [2.05, 4.69) is 57.4 Å². The summed E-state index contributed by atoms with van der Waals surface area (Å²) in [7, 11) is 0. The Morgan fingerprint density at radius 1 is 1.25 bits per heavy atom. The van der Waals surface area contributed by atoms with Gasteiger partial charge in [-0.25, -0.2) is 4.68 Å². The van der Waals surface area contributed by atoms with Crippen molar-refractivity contribution in [2.45, 2.75) is 19.8 Å². The van der Waals surface area contributed by atoms with Gasteiger partial charge in [-0.05, 0) is 24.1 Å². The minimum absolute atomic E-state index is 0.910. The van der Waals surface area contributed by atoms with Gasteiger partial charge in [0.1, 0.15) is 0 Å². The average molecular weight is 280 g/mol. The molecule has 0 spiro atoms. The largest absolute Gasteiger partial charge is 0.220 e. The molecule has 1 aromatic carbocycles. The van der Waals surface area contributed by atoms with Crippen molar-refractivity contribution in [1.29, 1.82) is 0 Å². The van der Waals surface area contributed by atoms with E-state index in [9.17, 15) is 0 Å². The van der Waals surface area contributed by atoms with Gasteiger partial charge in [0.15, 0.2) is 0 Å². The zero-order valence-corrected chi connectivity index (χ0v) is 10.8. The van der Waals surface area contributed by atoms with Gasteiger partial charge in [-0.2, -0.15) is 0 Å². The Morgan fingerprint density at radius 2 is 2.00 bits per heavy atom. The summed E-state index contributed by atoms with van der Waals surface area (Å²) in [5, 5.41) is 9.13. The fraction of sp³-hybridized carbons (Fsp3) is 0.333. The molecule has 0 unspecified atom stereocenters. The molecule has 0 saturated heterocycles. The van der Waals surface area contributed by atoms with Crippen LogP contribution in [0.25, 0.3) is 5.69 Å². The molecule has 16 heavy (non-hydrogen) atoms. The highest BCUT2D eigenvalue weighted by atomic mass is 79.9. The number of nitrogens with zero attached hydrogens (tertiary/aromatic N) is 3. The van der Waals surface area contributed by atoms with Crippen LogP contribution in [0.2, 0.25) is 0 Å². The number of aromatic nitrogens is 3. The third-order valence-electron chi connectivity index (χ3n) is 2.50. The number of hydrogen-bond acceptors (Lipinski definition) is 2. The van der Waals surface area contributed by atoms with Crippen molar-refractivity contribution in [3.05, 3.63) is 41.7 Å². The minimum atomic E-state index is 0.910. The van der Waals surface area contributed by atoms with Gasteiger partial charge < -0.3 is 0 Å². The Morgan fingerprint density at radius 3 is 2.62 bits per heavy atom. The maximum atomic E-state index is 4.11. The maximum absolute atomic E-state index is 4.11. The van der Waals surface area contributed by atoms with Gasteiger partial charge in [-0.1, -0.05) is 40.2 Å². The van der Waals surface area contributed by atoms with E-state index in [0.29, 0.717) is 0 Å². The van der Waals surface area contributed by atoms with Gasteiger partial charge in [-0.3, -0.25) is 0 Å². The van der Waals surface area contributed by atoms with E-state index in [1.165, 1.54) is 5.56 Å². The molecule has 84 valence electrons. The van der Waals surface area contributed by atoms with Crippen LogP contribution in [-0.4, -0.2) is 20.3 Å². The average Bonchev–Trinajstić information content (AvgIpc) is 2.78. The quantitative estimate of drug-likeness (QED) is 0.806. The molecule has 4 heteroatoms. The first-order chi connectivity index (χ1) is 7.83. The lowest BCUT2D eigenvalue weighted by atomic mass is 10.1. The molecule has 0 aliphatic rings. The lowest BCUT2D eigenvalue weighted by molar-refractivity contribution is 0.797. The molecule has 0 fully saturated rings. The van der Waals surface area contributed by atoms with Gasteiger partial charge in [0.25, 0.3) is 0 Å². The van der Waals surface area contributed by atoms with Crippen molar-refractivity contribution in [3.63, 3.8) is 0 Å². The molecule has 2 rings (SSSR count). The Balaban J connectivity index is 2.21. The number of benzene rings is 1. The molecular weight excluding hydrogens is 266 g/mol. The van der Waals surface area contributed by atoms with Crippen LogP contribution >= 0.6 is 15.9 Å². The molecule has 2 aromatic rings. The zero-order valence-electron chi connectivity index (χ0n) is 9.23. The highest BCUT2D eigenvalue weighted by Crippen LogP contribution is 2.10. The summed E-state index contributed by atoms with van der Waals surface area (Å²) in [4.78, 5) is 0. The molecule has 0 N–H and O–H groups in total. The number of halogens is 1. The molecule has 1 aromatic heterocycles. The maximum Gasteiger partial charge on any atom is 0.0840 e. The molecule has 3 nitrogen and oxygen atoms in total. The van der Waals surface area contributed by atoms with Crippen LogP contribution in [0.3, 0.4) is 0 Å². The van der Waals surface area contributed by atoms with Crippen LogP contribution in [0.15, 0.2) is 30.5 Å². The van der Waals surface area contributed by atoms with Crippen LogP contribution in [0.4, 0.5) is 0 Å². The van der Waals surface area contributed by atoms with Crippen molar-refractivity contribution in [1.82, 2.24) is 15.0 Å². The van der Waals surface area contributed by atoms with Gasteiger partial charge in [0.2, 0.25) is 0 Å². The van der Waals surface area contributed by atoms with Gasteiger partial charge in [0, 0.05) is 11.8 Å². The Kier molecular flexibility index (Phi) is 3.72. The second kappa shape index (κ2) is 5.25. The number of hydrogen-bond donors (Lipinski definition) is 0. The lowest BCUT2D eigenvalue weighted by Gasteiger charge is -2.01. The summed E-state index contributed by atoms with van der Waals surface area (Å²) in [6.45, 7) is 2.15. The van der Waals surface area contributed by atoms with Crippen LogP contribution in [0, 0.1) is 0 Å².